The van der Waals surface area contributed by atoms with Crippen molar-refractivity contribution in [1.29, 1.82) is 0 Å². The zero-order valence-corrected chi connectivity index (χ0v) is 9.22. The van der Waals surface area contributed by atoms with E-state index < -0.39 is 0 Å². The van der Waals surface area contributed by atoms with Crippen LogP contribution in [0.4, 0.5) is 0 Å². The van der Waals surface area contributed by atoms with E-state index in [0.29, 0.717) is 12.5 Å². The second kappa shape index (κ2) is 5.07. The minimum atomic E-state index is -0.0378. The van der Waals surface area contributed by atoms with Gasteiger partial charge in [-0.25, -0.2) is 0 Å². The Morgan fingerprint density at radius 1 is 1.54 bits per heavy atom. The highest BCUT2D eigenvalue weighted by atomic mass is 16.5. The van der Waals surface area contributed by atoms with E-state index in [1.807, 2.05) is 27.7 Å². The van der Waals surface area contributed by atoms with E-state index in [0.717, 1.165) is 0 Å². The molecular formula is C9H21N3O. The Morgan fingerprint density at radius 2 is 2.08 bits per heavy atom. The molecule has 0 bridgehead atoms. The fourth-order valence-corrected chi connectivity index (χ4v) is 0.725. The first-order chi connectivity index (χ1) is 5.85. The standard InChI is InChI=1S/C9H21N3O/c1-7(13-5)6-11-8(10)12-9(2,3)4/h7H,6H2,1-5H3,(H3,10,11,12). The molecule has 0 rings (SSSR count). The number of nitrogens with zero attached hydrogens (tertiary/aromatic N) is 1. The van der Waals surface area contributed by atoms with E-state index in [2.05, 4.69) is 10.3 Å². The SMILES string of the molecule is COC(C)CN=C(N)NC(C)(C)C. The molecule has 4 heteroatoms. The van der Waals surface area contributed by atoms with Crippen molar-refractivity contribution in [3.8, 4) is 0 Å². The summed E-state index contributed by atoms with van der Waals surface area (Å²) in [5, 5.41) is 3.07. The van der Waals surface area contributed by atoms with Crippen LogP contribution in [0.25, 0.3) is 0 Å². The maximum absolute atomic E-state index is 5.65. The monoisotopic (exact) mass is 187 g/mol. The highest BCUT2D eigenvalue weighted by Crippen LogP contribution is 1.97. The van der Waals surface area contributed by atoms with Gasteiger partial charge in [-0.1, -0.05) is 0 Å². The molecule has 0 amide bonds. The molecule has 0 aliphatic heterocycles. The fraction of sp³-hybridized carbons (Fsp3) is 0.889. The average Bonchev–Trinajstić information content (AvgIpc) is 1.97. The Morgan fingerprint density at radius 3 is 2.46 bits per heavy atom. The summed E-state index contributed by atoms with van der Waals surface area (Å²) in [5.41, 5.74) is 5.61. The molecule has 1 atom stereocenters. The van der Waals surface area contributed by atoms with Gasteiger partial charge in [0, 0.05) is 12.6 Å². The van der Waals surface area contributed by atoms with E-state index in [1.54, 1.807) is 7.11 Å². The average molecular weight is 187 g/mol. The Bertz CT molecular complexity index is 172. The molecule has 0 aromatic heterocycles. The van der Waals surface area contributed by atoms with Gasteiger partial charge < -0.3 is 15.8 Å². The molecule has 0 saturated carbocycles. The molecule has 0 saturated heterocycles. The minimum absolute atomic E-state index is 0.0378. The predicted octanol–water partition coefficient (Wildman–Crippen LogP) is 0.724. The maximum Gasteiger partial charge on any atom is 0.189 e. The number of methoxy groups -OCH3 is 1. The lowest BCUT2D eigenvalue weighted by Gasteiger charge is -2.21. The minimum Gasteiger partial charge on any atom is -0.380 e. The molecule has 78 valence electrons. The van der Waals surface area contributed by atoms with Gasteiger partial charge in [-0.3, -0.25) is 4.99 Å². The van der Waals surface area contributed by atoms with E-state index in [1.165, 1.54) is 0 Å². The molecule has 4 nitrogen and oxygen atoms in total. The third kappa shape index (κ3) is 7.59. The van der Waals surface area contributed by atoms with Crippen molar-refractivity contribution < 1.29 is 4.74 Å². The number of ether oxygens (including phenoxy) is 1. The van der Waals surface area contributed by atoms with Gasteiger partial charge in [0.2, 0.25) is 0 Å². The first-order valence-electron chi connectivity index (χ1n) is 4.46. The quantitative estimate of drug-likeness (QED) is 0.505. The van der Waals surface area contributed by atoms with Crippen molar-refractivity contribution in [1.82, 2.24) is 5.32 Å². The summed E-state index contributed by atoms with van der Waals surface area (Å²) in [7, 11) is 1.66. The van der Waals surface area contributed by atoms with Crippen LogP contribution >= 0.6 is 0 Å². The number of rotatable bonds is 3. The number of hydrogen-bond acceptors (Lipinski definition) is 2. The highest BCUT2D eigenvalue weighted by molar-refractivity contribution is 5.78. The second-order valence-corrected chi connectivity index (χ2v) is 4.15. The van der Waals surface area contributed by atoms with Crippen molar-refractivity contribution in [2.75, 3.05) is 13.7 Å². The van der Waals surface area contributed by atoms with Crippen LogP contribution in [0, 0.1) is 0 Å². The van der Waals surface area contributed by atoms with E-state index in [-0.39, 0.29) is 11.6 Å². The molecule has 0 aromatic carbocycles. The number of nitrogens with one attached hydrogen (secondary N) is 1. The van der Waals surface area contributed by atoms with Crippen LogP contribution in [0.2, 0.25) is 0 Å². The molecule has 0 radical (unpaired) electrons. The zero-order valence-electron chi connectivity index (χ0n) is 9.22. The van der Waals surface area contributed by atoms with E-state index in [4.69, 9.17) is 10.5 Å². The van der Waals surface area contributed by atoms with E-state index in [9.17, 15) is 0 Å². The topological polar surface area (TPSA) is 59.6 Å². The van der Waals surface area contributed by atoms with Crippen LogP contribution in [0.1, 0.15) is 27.7 Å². The van der Waals surface area contributed by atoms with Crippen molar-refractivity contribution in [3.05, 3.63) is 0 Å². The van der Waals surface area contributed by atoms with Crippen molar-refractivity contribution in [2.24, 2.45) is 10.7 Å². The lowest BCUT2D eigenvalue weighted by Crippen LogP contribution is -2.45. The molecule has 0 spiro atoms. The molecule has 1 unspecified atom stereocenters. The van der Waals surface area contributed by atoms with Crippen LogP contribution in [-0.4, -0.2) is 31.3 Å². The lowest BCUT2D eigenvalue weighted by molar-refractivity contribution is 0.125. The first kappa shape index (κ1) is 12.2. The third-order valence-corrected chi connectivity index (χ3v) is 1.42. The number of nitrogens with two attached hydrogens (primary N) is 1. The smallest absolute Gasteiger partial charge is 0.189 e. The van der Waals surface area contributed by atoms with Gasteiger partial charge in [-0.2, -0.15) is 0 Å². The molecule has 0 aromatic rings. The normalized spacial score (nSPS) is 15.6. The predicted molar refractivity (Wildman–Crippen MR) is 55.8 cm³/mol. The largest absolute Gasteiger partial charge is 0.380 e. The summed E-state index contributed by atoms with van der Waals surface area (Å²) in [6.07, 6.45) is 0.111. The van der Waals surface area contributed by atoms with Gasteiger partial charge >= 0.3 is 0 Å². The van der Waals surface area contributed by atoms with Gasteiger partial charge in [-0.15, -0.1) is 0 Å². The van der Waals surface area contributed by atoms with Crippen LogP contribution < -0.4 is 11.1 Å². The summed E-state index contributed by atoms with van der Waals surface area (Å²) in [6.45, 7) is 8.65. The molecule has 3 N–H and O–H groups in total. The molecule has 0 fully saturated rings. The van der Waals surface area contributed by atoms with Gasteiger partial charge in [-0.05, 0) is 27.7 Å². The Hall–Kier alpha value is -0.770. The van der Waals surface area contributed by atoms with Crippen LogP contribution in [0.15, 0.2) is 4.99 Å². The zero-order chi connectivity index (χ0) is 10.5. The van der Waals surface area contributed by atoms with Gasteiger partial charge in [0.25, 0.3) is 0 Å². The Balaban J connectivity index is 3.89. The van der Waals surface area contributed by atoms with Gasteiger partial charge in [0.15, 0.2) is 5.96 Å². The number of aliphatic imine (C=N–C) groups is 1. The Labute approximate surface area is 80.6 Å². The van der Waals surface area contributed by atoms with Crippen LogP contribution in [0.5, 0.6) is 0 Å². The lowest BCUT2D eigenvalue weighted by atomic mass is 10.1. The van der Waals surface area contributed by atoms with Gasteiger partial charge in [0.05, 0.1) is 12.6 Å². The molecule has 13 heavy (non-hydrogen) atoms. The summed E-state index contributed by atoms with van der Waals surface area (Å²) in [4.78, 5) is 4.14. The Kier molecular flexibility index (Phi) is 4.77. The molecule has 0 aliphatic carbocycles. The third-order valence-electron chi connectivity index (χ3n) is 1.42. The van der Waals surface area contributed by atoms with Crippen LogP contribution in [0.3, 0.4) is 0 Å². The highest BCUT2D eigenvalue weighted by Gasteiger charge is 2.09. The molecule has 0 aliphatic rings. The maximum atomic E-state index is 5.65. The van der Waals surface area contributed by atoms with Crippen molar-refractivity contribution in [2.45, 2.75) is 39.3 Å². The summed E-state index contributed by atoms with van der Waals surface area (Å²) in [5.74, 6) is 0.469. The fourth-order valence-electron chi connectivity index (χ4n) is 0.725. The van der Waals surface area contributed by atoms with Gasteiger partial charge in [0.1, 0.15) is 0 Å². The summed E-state index contributed by atoms with van der Waals surface area (Å²) < 4.78 is 5.04. The van der Waals surface area contributed by atoms with Crippen molar-refractivity contribution in [3.63, 3.8) is 0 Å². The molecular weight excluding hydrogens is 166 g/mol. The number of hydrogen-bond donors (Lipinski definition) is 2. The summed E-state index contributed by atoms with van der Waals surface area (Å²) >= 11 is 0. The summed E-state index contributed by atoms with van der Waals surface area (Å²) in [6, 6.07) is 0. The van der Waals surface area contributed by atoms with Crippen LogP contribution in [-0.2, 0) is 4.74 Å². The molecule has 0 heterocycles. The number of guanidine groups is 1. The second-order valence-electron chi connectivity index (χ2n) is 4.15. The first-order valence-corrected chi connectivity index (χ1v) is 4.46. The van der Waals surface area contributed by atoms with E-state index >= 15 is 0 Å². The van der Waals surface area contributed by atoms with Crippen molar-refractivity contribution >= 4 is 5.96 Å².